The molecule has 3 N–H and O–H groups in total. The van der Waals surface area contributed by atoms with E-state index in [2.05, 4.69) is 39.0 Å². The fourth-order valence-electron chi connectivity index (χ4n) is 3.65. The number of rotatable bonds is 9. The average molecular weight is 447 g/mol. The Labute approximate surface area is 184 Å². The molecule has 9 nitrogen and oxygen atoms in total. The maximum Gasteiger partial charge on any atom is 0.329 e. The lowest BCUT2D eigenvalue weighted by atomic mass is 10.0. The minimum atomic E-state index is -0.532. The SMILES string of the molecule is CCN(CC)C(CNC(=O)CCc1nc2c([nH]1)c(=O)[nH]c(=O)n2C)c1ccccc1Cl. The normalized spacial score (nSPS) is 12.4. The summed E-state index contributed by atoms with van der Waals surface area (Å²) >= 11 is 6.40. The number of likely N-dealkylation sites (N-methyl/N-ethyl adjacent to an activating group) is 1. The van der Waals surface area contributed by atoms with Crippen molar-refractivity contribution in [2.24, 2.45) is 7.05 Å². The van der Waals surface area contributed by atoms with Gasteiger partial charge < -0.3 is 10.3 Å². The van der Waals surface area contributed by atoms with Gasteiger partial charge in [0, 0.05) is 31.5 Å². The van der Waals surface area contributed by atoms with E-state index in [1.54, 1.807) is 0 Å². The van der Waals surface area contributed by atoms with Crippen LogP contribution in [0.1, 0.15) is 37.7 Å². The first kappa shape index (κ1) is 22.8. The van der Waals surface area contributed by atoms with Crippen molar-refractivity contribution in [2.45, 2.75) is 32.7 Å². The van der Waals surface area contributed by atoms with Gasteiger partial charge in [-0.25, -0.2) is 9.78 Å². The predicted octanol–water partition coefficient (Wildman–Crippen LogP) is 1.74. The molecule has 0 radical (unpaired) electrons. The summed E-state index contributed by atoms with van der Waals surface area (Å²) in [5, 5.41) is 3.66. The number of imidazole rings is 1. The van der Waals surface area contributed by atoms with Crippen LogP contribution in [0.5, 0.6) is 0 Å². The number of carbonyl (C=O) groups excluding carboxylic acids is 1. The van der Waals surface area contributed by atoms with Crippen molar-refractivity contribution in [2.75, 3.05) is 19.6 Å². The van der Waals surface area contributed by atoms with E-state index in [0.29, 0.717) is 23.8 Å². The molecule has 1 aromatic carbocycles. The highest BCUT2D eigenvalue weighted by atomic mass is 35.5. The number of fused-ring (bicyclic) bond motifs is 1. The van der Waals surface area contributed by atoms with Crippen molar-refractivity contribution in [1.82, 2.24) is 29.7 Å². The lowest BCUT2D eigenvalue weighted by Gasteiger charge is -2.31. The van der Waals surface area contributed by atoms with Crippen LogP contribution in [0.2, 0.25) is 5.02 Å². The number of nitrogens with zero attached hydrogens (tertiary/aromatic N) is 3. The Morgan fingerprint density at radius 1 is 1.23 bits per heavy atom. The van der Waals surface area contributed by atoms with Crippen molar-refractivity contribution >= 4 is 28.7 Å². The quantitative estimate of drug-likeness (QED) is 0.463. The van der Waals surface area contributed by atoms with Gasteiger partial charge in [0.15, 0.2) is 5.65 Å². The van der Waals surface area contributed by atoms with Gasteiger partial charge in [0.1, 0.15) is 11.3 Å². The van der Waals surface area contributed by atoms with Gasteiger partial charge in [-0.1, -0.05) is 43.6 Å². The number of halogens is 1. The van der Waals surface area contributed by atoms with Crippen molar-refractivity contribution in [3.8, 4) is 0 Å². The molecule has 0 aliphatic rings. The molecule has 0 fully saturated rings. The van der Waals surface area contributed by atoms with Gasteiger partial charge in [-0.05, 0) is 24.7 Å². The molecule has 0 saturated carbocycles. The molecule has 166 valence electrons. The van der Waals surface area contributed by atoms with Crippen molar-refractivity contribution in [3.63, 3.8) is 0 Å². The largest absolute Gasteiger partial charge is 0.354 e. The molecule has 10 heteroatoms. The number of carbonyl (C=O) groups is 1. The van der Waals surface area contributed by atoms with Gasteiger partial charge >= 0.3 is 5.69 Å². The van der Waals surface area contributed by atoms with E-state index in [1.807, 2.05) is 24.3 Å². The molecular formula is C21H27ClN6O3. The molecule has 0 spiro atoms. The number of benzene rings is 1. The molecule has 0 aliphatic heterocycles. The molecule has 1 unspecified atom stereocenters. The zero-order valence-corrected chi connectivity index (χ0v) is 18.6. The molecule has 31 heavy (non-hydrogen) atoms. The fraction of sp³-hybridized carbons (Fsp3) is 0.429. The highest BCUT2D eigenvalue weighted by Crippen LogP contribution is 2.27. The summed E-state index contributed by atoms with van der Waals surface area (Å²) < 4.78 is 1.26. The molecule has 0 bridgehead atoms. The number of H-pyrrole nitrogens is 2. The van der Waals surface area contributed by atoms with Gasteiger partial charge in [0.05, 0.1) is 6.04 Å². The molecule has 1 amide bonds. The number of aromatic nitrogens is 4. The van der Waals surface area contributed by atoms with Crippen LogP contribution in [0.25, 0.3) is 11.2 Å². The summed E-state index contributed by atoms with van der Waals surface area (Å²) in [5.41, 5.74) is 0.409. The first-order valence-electron chi connectivity index (χ1n) is 10.3. The Hall–Kier alpha value is -2.91. The summed E-state index contributed by atoms with van der Waals surface area (Å²) in [6, 6.07) is 7.63. The van der Waals surface area contributed by atoms with Crippen LogP contribution in [0, 0.1) is 0 Å². The molecule has 2 heterocycles. The van der Waals surface area contributed by atoms with Crippen LogP contribution < -0.4 is 16.6 Å². The molecule has 0 saturated heterocycles. The first-order valence-corrected chi connectivity index (χ1v) is 10.7. The van der Waals surface area contributed by atoms with Crippen LogP contribution in [0.4, 0.5) is 0 Å². The third-order valence-electron chi connectivity index (χ3n) is 5.40. The topological polar surface area (TPSA) is 116 Å². The van der Waals surface area contributed by atoms with E-state index < -0.39 is 11.2 Å². The van der Waals surface area contributed by atoms with Crippen LogP contribution in [-0.2, 0) is 18.3 Å². The van der Waals surface area contributed by atoms with Gasteiger partial charge in [0.25, 0.3) is 5.56 Å². The third-order valence-corrected chi connectivity index (χ3v) is 5.75. The van der Waals surface area contributed by atoms with Crippen LogP contribution in [0.15, 0.2) is 33.9 Å². The van der Waals surface area contributed by atoms with Gasteiger partial charge in [-0.2, -0.15) is 0 Å². The van der Waals surface area contributed by atoms with Crippen molar-refractivity contribution in [3.05, 3.63) is 61.5 Å². The highest BCUT2D eigenvalue weighted by Gasteiger charge is 2.21. The summed E-state index contributed by atoms with van der Waals surface area (Å²) in [6.07, 6.45) is 0.509. The number of nitrogens with one attached hydrogen (secondary N) is 3. The third kappa shape index (κ3) is 5.05. The lowest BCUT2D eigenvalue weighted by Crippen LogP contribution is -2.38. The first-order chi connectivity index (χ1) is 14.8. The van der Waals surface area contributed by atoms with E-state index in [0.717, 1.165) is 18.7 Å². The molecule has 1 atom stereocenters. The van der Waals surface area contributed by atoms with E-state index >= 15 is 0 Å². The summed E-state index contributed by atoms with van der Waals surface area (Å²) in [6.45, 7) is 6.24. The van der Waals surface area contributed by atoms with E-state index in [1.165, 1.54) is 11.6 Å². The fourth-order valence-corrected chi connectivity index (χ4v) is 3.91. The lowest BCUT2D eigenvalue weighted by molar-refractivity contribution is -0.121. The van der Waals surface area contributed by atoms with Crippen LogP contribution in [-0.4, -0.2) is 50.0 Å². The zero-order valence-electron chi connectivity index (χ0n) is 17.9. The molecule has 0 aliphatic carbocycles. The van der Waals surface area contributed by atoms with Gasteiger partial charge in [-0.15, -0.1) is 0 Å². The monoisotopic (exact) mass is 446 g/mol. The summed E-state index contributed by atoms with van der Waals surface area (Å²) in [5.74, 6) is 0.343. The maximum atomic E-state index is 12.5. The maximum absolute atomic E-state index is 12.5. The molecular weight excluding hydrogens is 420 g/mol. The van der Waals surface area contributed by atoms with Crippen molar-refractivity contribution < 1.29 is 4.79 Å². The minimum Gasteiger partial charge on any atom is -0.354 e. The molecule has 2 aromatic heterocycles. The second-order valence-corrected chi connectivity index (χ2v) is 7.67. The van der Waals surface area contributed by atoms with Gasteiger partial charge in [0.2, 0.25) is 5.91 Å². The smallest absolute Gasteiger partial charge is 0.329 e. The number of hydrogen-bond acceptors (Lipinski definition) is 5. The molecule has 3 aromatic rings. The van der Waals surface area contributed by atoms with Gasteiger partial charge in [-0.3, -0.25) is 24.0 Å². The predicted molar refractivity (Wildman–Crippen MR) is 120 cm³/mol. The van der Waals surface area contributed by atoms with Crippen LogP contribution in [0.3, 0.4) is 0 Å². The average Bonchev–Trinajstić information content (AvgIpc) is 3.19. The number of aryl methyl sites for hydroxylation is 2. The summed E-state index contributed by atoms with van der Waals surface area (Å²) in [7, 11) is 1.53. The Balaban J connectivity index is 1.67. The number of aromatic amines is 2. The number of hydrogen-bond donors (Lipinski definition) is 3. The van der Waals surface area contributed by atoms with E-state index in [4.69, 9.17) is 11.6 Å². The highest BCUT2D eigenvalue weighted by molar-refractivity contribution is 6.31. The summed E-state index contributed by atoms with van der Waals surface area (Å²) in [4.78, 5) is 47.8. The Bertz CT molecular complexity index is 1180. The van der Waals surface area contributed by atoms with E-state index in [9.17, 15) is 14.4 Å². The minimum absolute atomic E-state index is 0.0352. The standard InChI is InChI=1S/C21H27ClN6O3/c1-4-28(5-2)15(13-8-6-7-9-14(13)22)12-23-17(29)11-10-16-24-18-19(25-16)27(3)21(31)26-20(18)30/h6-9,15H,4-5,10-12H2,1-3H3,(H,23,29)(H,24,25)(H,26,30,31). The Kier molecular flexibility index (Phi) is 7.29. The van der Waals surface area contributed by atoms with Crippen molar-refractivity contribution in [1.29, 1.82) is 0 Å². The number of amides is 1. The van der Waals surface area contributed by atoms with Crippen LogP contribution >= 0.6 is 11.6 Å². The second kappa shape index (κ2) is 9.93. The Morgan fingerprint density at radius 2 is 1.94 bits per heavy atom. The van der Waals surface area contributed by atoms with E-state index in [-0.39, 0.29) is 29.5 Å². The molecule has 3 rings (SSSR count). The zero-order chi connectivity index (χ0) is 22.5. The second-order valence-electron chi connectivity index (χ2n) is 7.26. The Morgan fingerprint density at radius 3 is 2.61 bits per heavy atom.